The number of benzene rings is 1. The first-order chi connectivity index (χ1) is 10.5. The van der Waals surface area contributed by atoms with Crippen molar-refractivity contribution >= 4 is 35.0 Å². The first-order valence-corrected chi connectivity index (χ1v) is 9.02. The Bertz CT molecular complexity index is 674. The highest BCUT2D eigenvalue weighted by atomic mass is 35.5. The molecular formula is C15H17Cl2N3OS. The molecule has 3 rings (SSSR count). The Morgan fingerprint density at radius 3 is 2.73 bits per heavy atom. The molecule has 1 aliphatic rings. The second-order valence-corrected chi connectivity index (χ2v) is 7.60. The van der Waals surface area contributed by atoms with E-state index in [0.717, 1.165) is 18.4 Å². The standard InChI is InChI=1S/C15H17Cl2N3OS/c1-22-13-18-10-20(19-13)9-15(21,14(17)6-7-14)8-11-4-2-3-5-12(11)16/h2-5,10,21H,6-9H2,1H3. The lowest BCUT2D eigenvalue weighted by molar-refractivity contribution is 0.00742. The van der Waals surface area contributed by atoms with Crippen molar-refractivity contribution in [2.24, 2.45) is 0 Å². The minimum Gasteiger partial charge on any atom is -0.386 e. The quantitative estimate of drug-likeness (QED) is 0.635. The lowest BCUT2D eigenvalue weighted by Crippen LogP contribution is -2.47. The Hall–Kier alpha value is -0.750. The van der Waals surface area contributed by atoms with E-state index < -0.39 is 10.5 Å². The van der Waals surface area contributed by atoms with Gasteiger partial charge in [-0.2, -0.15) is 0 Å². The second-order valence-electron chi connectivity index (χ2n) is 5.69. The molecule has 0 spiro atoms. The van der Waals surface area contributed by atoms with E-state index in [2.05, 4.69) is 10.1 Å². The zero-order valence-corrected chi connectivity index (χ0v) is 14.5. The van der Waals surface area contributed by atoms with Crippen molar-refractivity contribution in [1.29, 1.82) is 0 Å². The predicted octanol–water partition coefficient (Wildman–Crippen LogP) is 3.40. The van der Waals surface area contributed by atoms with Gasteiger partial charge in [0.15, 0.2) is 0 Å². The van der Waals surface area contributed by atoms with Crippen LogP contribution in [-0.2, 0) is 13.0 Å². The van der Waals surface area contributed by atoms with E-state index in [1.807, 2.05) is 30.5 Å². The molecule has 1 aromatic heterocycles. The van der Waals surface area contributed by atoms with Crippen LogP contribution in [-0.4, -0.2) is 36.6 Å². The largest absolute Gasteiger partial charge is 0.386 e. The van der Waals surface area contributed by atoms with Gasteiger partial charge >= 0.3 is 0 Å². The van der Waals surface area contributed by atoms with Gasteiger partial charge in [-0.25, -0.2) is 9.67 Å². The molecule has 1 unspecified atom stereocenters. The predicted molar refractivity (Wildman–Crippen MR) is 89.7 cm³/mol. The number of nitrogens with zero attached hydrogens (tertiary/aromatic N) is 3. The van der Waals surface area contributed by atoms with Crippen molar-refractivity contribution in [2.75, 3.05) is 6.26 Å². The van der Waals surface area contributed by atoms with Gasteiger partial charge in [0.05, 0.1) is 11.4 Å². The van der Waals surface area contributed by atoms with Crippen molar-refractivity contribution in [3.63, 3.8) is 0 Å². The van der Waals surface area contributed by atoms with Crippen LogP contribution in [0.4, 0.5) is 0 Å². The van der Waals surface area contributed by atoms with Crippen LogP contribution in [0, 0.1) is 0 Å². The minimum absolute atomic E-state index is 0.301. The summed E-state index contributed by atoms with van der Waals surface area (Å²) in [6.07, 6.45) is 5.52. The summed E-state index contributed by atoms with van der Waals surface area (Å²) in [5, 5.41) is 16.9. The number of halogens is 2. The molecule has 1 aromatic carbocycles. The molecule has 1 fully saturated rings. The molecule has 0 saturated heterocycles. The van der Waals surface area contributed by atoms with E-state index in [-0.39, 0.29) is 0 Å². The summed E-state index contributed by atoms with van der Waals surface area (Å²) < 4.78 is 1.66. The molecule has 0 aliphatic heterocycles. The summed E-state index contributed by atoms with van der Waals surface area (Å²) >= 11 is 14.3. The number of aromatic nitrogens is 3. The van der Waals surface area contributed by atoms with Crippen molar-refractivity contribution in [3.8, 4) is 0 Å². The average molecular weight is 358 g/mol. The Morgan fingerprint density at radius 2 is 2.14 bits per heavy atom. The number of aliphatic hydroxyl groups is 1. The third kappa shape index (κ3) is 3.13. The number of hydrogen-bond acceptors (Lipinski definition) is 4. The highest BCUT2D eigenvalue weighted by Gasteiger charge is 2.58. The highest BCUT2D eigenvalue weighted by Crippen LogP contribution is 2.53. The van der Waals surface area contributed by atoms with Gasteiger partial charge in [-0.1, -0.05) is 41.6 Å². The molecular weight excluding hydrogens is 341 g/mol. The fourth-order valence-corrected chi connectivity index (χ4v) is 3.37. The van der Waals surface area contributed by atoms with Crippen LogP contribution in [0.1, 0.15) is 18.4 Å². The molecule has 1 saturated carbocycles. The SMILES string of the molecule is CSc1ncn(CC(O)(Cc2ccccc2Cl)C2(Cl)CC2)n1. The van der Waals surface area contributed by atoms with Crippen molar-refractivity contribution in [3.05, 3.63) is 41.2 Å². The van der Waals surface area contributed by atoms with E-state index in [0.29, 0.717) is 23.1 Å². The van der Waals surface area contributed by atoms with Crippen LogP contribution in [0.3, 0.4) is 0 Å². The molecule has 7 heteroatoms. The molecule has 0 bridgehead atoms. The van der Waals surface area contributed by atoms with Crippen molar-refractivity contribution in [2.45, 2.75) is 41.4 Å². The Kier molecular flexibility index (Phi) is 4.42. The smallest absolute Gasteiger partial charge is 0.208 e. The molecule has 22 heavy (non-hydrogen) atoms. The third-order valence-electron chi connectivity index (χ3n) is 4.09. The molecule has 118 valence electrons. The Balaban J connectivity index is 1.87. The first kappa shape index (κ1) is 16.1. The van der Waals surface area contributed by atoms with Crippen LogP contribution in [0.25, 0.3) is 0 Å². The zero-order valence-electron chi connectivity index (χ0n) is 12.2. The summed E-state index contributed by atoms with van der Waals surface area (Å²) in [5.41, 5.74) is -0.216. The fraction of sp³-hybridized carbons (Fsp3) is 0.467. The summed E-state index contributed by atoms with van der Waals surface area (Å²) in [7, 11) is 0. The molecule has 1 N–H and O–H groups in total. The normalized spacial score (nSPS) is 18.9. The average Bonchev–Trinajstić information content (AvgIpc) is 3.10. The van der Waals surface area contributed by atoms with Gasteiger partial charge in [0.1, 0.15) is 11.9 Å². The monoisotopic (exact) mass is 357 g/mol. The van der Waals surface area contributed by atoms with Gasteiger partial charge in [-0.15, -0.1) is 16.7 Å². The Labute approximate surface area is 143 Å². The number of rotatable bonds is 6. The van der Waals surface area contributed by atoms with E-state index in [1.54, 1.807) is 11.0 Å². The molecule has 0 radical (unpaired) electrons. The van der Waals surface area contributed by atoms with E-state index in [4.69, 9.17) is 23.2 Å². The molecule has 2 aromatic rings. The maximum Gasteiger partial charge on any atom is 0.208 e. The molecule has 1 atom stereocenters. The van der Waals surface area contributed by atoms with Crippen LogP contribution in [0.15, 0.2) is 35.7 Å². The molecule has 1 aliphatic carbocycles. The second kappa shape index (κ2) is 6.04. The minimum atomic E-state index is -1.11. The van der Waals surface area contributed by atoms with Gasteiger partial charge in [0.25, 0.3) is 0 Å². The van der Waals surface area contributed by atoms with Gasteiger partial charge in [-0.05, 0) is 30.7 Å². The van der Waals surface area contributed by atoms with E-state index in [9.17, 15) is 5.11 Å². The highest BCUT2D eigenvalue weighted by molar-refractivity contribution is 7.98. The van der Waals surface area contributed by atoms with E-state index >= 15 is 0 Å². The number of alkyl halides is 1. The topological polar surface area (TPSA) is 50.9 Å². The maximum absolute atomic E-state index is 11.2. The fourth-order valence-electron chi connectivity index (χ4n) is 2.60. The summed E-state index contributed by atoms with van der Waals surface area (Å²) in [5.74, 6) is 0. The number of hydrogen-bond donors (Lipinski definition) is 1. The molecule has 0 amide bonds. The molecule has 1 heterocycles. The zero-order chi connectivity index (χ0) is 15.8. The van der Waals surface area contributed by atoms with Crippen LogP contribution in [0.2, 0.25) is 5.02 Å². The first-order valence-electron chi connectivity index (χ1n) is 7.04. The summed E-state index contributed by atoms with van der Waals surface area (Å²) in [6, 6.07) is 7.54. The maximum atomic E-state index is 11.2. The van der Waals surface area contributed by atoms with Crippen LogP contribution < -0.4 is 0 Å². The van der Waals surface area contributed by atoms with Gasteiger partial charge < -0.3 is 5.11 Å². The summed E-state index contributed by atoms with van der Waals surface area (Å²) in [6.45, 7) is 0.301. The summed E-state index contributed by atoms with van der Waals surface area (Å²) in [4.78, 5) is 3.57. The van der Waals surface area contributed by atoms with Crippen LogP contribution in [0.5, 0.6) is 0 Å². The Morgan fingerprint density at radius 1 is 1.41 bits per heavy atom. The third-order valence-corrected chi connectivity index (χ3v) is 5.74. The number of thioether (sulfide) groups is 1. The lowest BCUT2D eigenvalue weighted by Gasteiger charge is -2.33. The van der Waals surface area contributed by atoms with Gasteiger partial charge in [-0.3, -0.25) is 0 Å². The molecule has 4 nitrogen and oxygen atoms in total. The lowest BCUT2D eigenvalue weighted by atomic mass is 9.89. The van der Waals surface area contributed by atoms with Gasteiger partial charge in [0.2, 0.25) is 5.16 Å². The van der Waals surface area contributed by atoms with Crippen LogP contribution >= 0.6 is 35.0 Å². The van der Waals surface area contributed by atoms with Gasteiger partial charge in [0, 0.05) is 11.4 Å². The van der Waals surface area contributed by atoms with Crippen molar-refractivity contribution in [1.82, 2.24) is 14.8 Å². The van der Waals surface area contributed by atoms with E-state index in [1.165, 1.54) is 11.8 Å². The van der Waals surface area contributed by atoms with Crippen molar-refractivity contribution < 1.29 is 5.11 Å².